The van der Waals surface area contributed by atoms with Gasteiger partial charge in [-0.25, -0.2) is 4.79 Å². The Kier molecular flexibility index (Phi) is 2.20. The summed E-state index contributed by atoms with van der Waals surface area (Å²) in [5.74, 6) is -2.59. The maximum Gasteiger partial charge on any atom is 0.377 e. The first-order chi connectivity index (χ1) is 5.57. The SMILES string of the molecule is NC[C@@H](O)[C@H]1OC(=O)C(O)=C1O. The highest BCUT2D eigenvalue weighted by Gasteiger charge is 2.38. The van der Waals surface area contributed by atoms with E-state index in [-0.39, 0.29) is 6.54 Å². The highest BCUT2D eigenvalue weighted by Crippen LogP contribution is 2.20. The van der Waals surface area contributed by atoms with E-state index in [9.17, 15) is 4.79 Å². The molecular weight excluding hydrogens is 166 g/mol. The minimum Gasteiger partial charge on any atom is -0.505 e. The molecule has 2 atom stereocenters. The molecule has 12 heavy (non-hydrogen) atoms. The molecule has 0 aromatic rings. The average Bonchev–Trinajstić information content (AvgIpc) is 2.32. The van der Waals surface area contributed by atoms with Crippen LogP contribution in [-0.2, 0) is 9.53 Å². The lowest BCUT2D eigenvalue weighted by Gasteiger charge is -2.14. The fraction of sp³-hybridized carbons (Fsp3) is 0.500. The third-order valence-corrected chi connectivity index (χ3v) is 1.53. The number of nitrogens with two attached hydrogens (primary N) is 1. The minimum atomic E-state index is -1.23. The van der Waals surface area contributed by atoms with Gasteiger partial charge in [0.25, 0.3) is 0 Å². The van der Waals surface area contributed by atoms with Crippen LogP contribution >= 0.6 is 0 Å². The van der Waals surface area contributed by atoms with E-state index in [1.807, 2.05) is 0 Å². The topological polar surface area (TPSA) is 113 Å². The van der Waals surface area contributed by atoms with Crippen LogP contribution in [0.5, 0.6) is 0 Å². The fourth-order valence-electron chi connectivity index (χ4n) is 0.851. The Labute approximate surface area is 67.9 Å². The van der Waals surface area contributed by atoms with E-state index in [2.05, 4.69) is 4.74 Å². The maximum atomic E-state index is 10.6. The second-order valence-corrected chi connectivity index (χ2v) is 2.36. The van der Waals surface area contributed by atoms with Gasteiger partial charge in [0.15, 0.2) is 11.9 Å². The highest BCUT2D eigenvalue weighted by molar-refractivity contribution is 5.89. The van der Waals surface area contributed by atoms with E-state index in [0.29, 0.717) is 0 Å². The first-order valence-corrected chi connectivity index (χ1v) is 3.29. The lowest BCUT2D eigenvalue weighted by atomic mass is 10.2. The van der Waals surface area contributed by atoms with Gasteiger partial charge < -0.3 is 25.8 Å². The summed E-state index contributed by atoms with van der Waals surface area (Å²) in [5, 5.41) is 26.8. The largest absolute Gasteiger partial charge is 0.505 e. The van der Waals surface area contributed by atoms with Crippen molar-refractivity contribution in [2.45, 2.75) is 12.2 Å². The van der Waals surface area contributed by atoms with E-state index >= 15 is 0 Å². The molecule has 68 valence electrons. The Bertz CT molecular complexity index is 236. The predicted molar refractivity (Wildman–Crippen MR) is 37.2 cm³/mol. The van der Waals surface area contributed by atoms with E-state index in [1.54, 1.807) is 0 Å². The van der Waals surface area contributed by atoms with Crippen LogP contribution in [0.15, 0.2) is 11.5 Å². The van der Waals surface area contributed by atoms with Gasteiger partial charge in [-0.1, -0.05) is 0 Å². The monoisotopic (exact) mass is 175 g/mol. The summed E-state index contributed by atoms with van der Waals surface area (Å²) in [6.07, 6.45) is -2.43. The minimum absolute atomic E-state index is 0.171. The van der Waals surface area contributed by atoms with Crippen LogP contribution in [0.1, 0.15) is 0 Å². The molecule has 0 bridgehead atoms. The van der Waals surface area contributed by atoms with Crippen molar-refractivity contribution in [3.05, 3.63) is 11.5 Å². The number of ether oxygens (including phenoxy) is 1. The first-order valence-electron chi connectivity index (χ1n) is 3.29. The van der Waals surface area contributed by atoms with Gasteiger partial charge in [-0.2, -0.15) is 0 Å². The van der Waals surface area contributed by atoms with Crippen LogP contribution in [0.2, 0.25) is 0 Å². The summed E-state index contributed by atoms with van der Waals surface area (Å²) in [4.78, 5) is 10.6. The fourth-order valence-corrected chi connectivity index (χ4v) is 0.851. The second-order valence-electron chi connectivity index (χ2n) is 2.36. The van der Waals surface area contributed by atoms with Crippen molar-refractivity contribution in [2.24, 2.45) is 5.73 Å². The second kappa shape index (κ2) is 3.00. The Morgan fingerprint density at radius 3 is 2.50 bits per heavy atom. The van der Waals surface area contributed by atoms with E-state index in [0.717, 1.165) is 0 Å². The van der Waals surface area contributed by atoms with Crippen LogP contribution in [0.3, 0.4) is 0 Å². The molecule has 0 aliphatic carbocycles. The summed E-state index contributed by atoms with van der Waals surface area (Å²) in [6.45, 7) is -0.171. The van der Waals surface area contributed by atoms with Crippen molar-refractivity contribution in [3.8, 4) is 0 Å². The number of aliphatic hydroxyl groups is 3. The molecule has 5 N–H and O–H groups in total. The van der Waals surface area contributed by atoms with Gasteiger partial charge in [-0.15, -0.1) is 0 Å². The molecule has 6 heteroatoms. The molecule has 1 aliphatic heterocycles. The molecule has 1 heterocycles. The molecular formula is C6H9NO5. The van der Waals surface area contributed by atoms with Crippen molar-refractivity contribution in [3.63, 3.8) is 0 Å². The Morgan fingerprint density at radius 1 is 1.58 bits per heavy atom. The molecule has 0 spiro atoms. The van der Waals surface area contributed by atoms with E-state index < -0.39 is 29.7 Å². The van der Waals surface area contributed by atoms with Crippen LogP contribution < -0.4 is 5.73 Å². The van der Waals surface area contributed by atoms with Gasteiger partial charge in [0.05, 0.1) is 0 Å². The van der Waals surface area contributed by atoms with Crippen molar-refractivity contribution >= 4 is 5.97 Å². The molecule has 0 saturated heterocycles. The summed E-state index contributed by atoms with van der Waals surface area (Å²) >= 11 is 0. The molecule has 0 aromatic carbocycles. The number of esters is 1. The molecule has 0 radical (unpaired) electrons. The number of rotatable bonds is 2. The van der Waals surface area contributed by atoms with Crippen LogP contribution in [0.25, 0.3) is 0 Å². The third-order valence-electron chi connectivity index (χ3n) is 1.53. The Morgan fingerprint density at radius 2 is 2.17 bits per heavy atom. The van der Waals surface area contributed by atoms with Crippen molar-refractivity contribution in [1.29, 1.82) is 0 Å². The van der Waals surface area contributed by atoms with Crippen molar-refractivity contribution < 1.29 is 24.9 Å². The first kappa shape index (κ1) is 8.82. The number of aliphatic hydroxyl groups excluding tert-OH is 3. The normalized spacial score (nSPS) is 25.8. The van der Waals surface area contributed by atoms with Gasteiger partial charge in [0.1, 0.15) is 6.10 Å². The summed E-state index contributed by atoms with van der Waals surface area (Å²) in [7, 11) is 0. The molecule has 0 amide bonds. The molecule has 0 saturated carbocycles. The number of carbonyl (C=O) groups is 1. The van der Waals surface area contributed by atoms with Gasteiger partial charge in [0.2, 0.25) is 5.76 Å². The molecule has 0 aromatic heterocycles. The van der Waals surface area contributed by atoms with Gasteiger partial charge >= 0.3 is 5.97 Å². The summed E-state index contributed by atoms with van der Waals surface area (Å²) in [5.41, 5.74) is 5.05. The Balaban J connectivity index is 2.80. The van der Waals surface area contributed by atoms with Crippen LogP contribution in [0, 0.1) is 0 Å². The molecule has 6 nitrogen and oxygen atoms in total. The molecule has 0 fully saturated rings. The quantitative estimate of drug-likeness (QED) is 0.382. The van der Waals surface area contributed by atoms with Crippen molar-refractivity contribution in [2.75, 3.05) is 6.54 Å². The third kappa shape index (κ3) is 1.21. The Hall–Kier alpha value is -1.27. The zero-order valence-corrected chi connectivity index (χ0v) is 6.10. The number of carbonyl (C=O) groups excluding carboxylic acids is 1. The zero-order chi connectivity index (χ0) is 9.30. The highest BCUT2D eigenvalue weighted by atomic mass is 16.6. The van der Waals surface area contributed by atoms with Crippen molar-refractivity contribution in [1.82, 2.24) is 0 Å². The lowest BCUT2D eigenvalue weighted by Crippen LogP contribution is -2.35. The maximum absolute atomic E-state index is 10.6. The smallest absolute Gasteiger partial charge is 0.377 e. The molecule has 1 rings (SSSR count). The van der Waals surface area contributed by atoms with Gasteiger partial charge in [-0.05, 0) is 0 Å². The van der Waals surface area contributed by atoms with Crippen LogP contribution in [-0.4, -0.2) is 40.0 Å². The average molecular weight is 175 g/mol. The number of hydrogen-bond donors (Lipinski definition) is 4. The zero-order valence-electron chi connectivity index (χ0n) is 6.10. The van der Waals surface area contributed by atoms with Gasteiger partial charge in [0, 0.05) is 6.54 Å². The lowest BCUT2D eigenvalue weighted by molar-refractivity contribution is -0.146. The standard InChI is InChI=1S/C6H9NO5/c7-1-2(8)5-3(9)4(10)6(11)12-5/h2,5,8-10H,1,7H2/t2-,5-/m1/s1. The number of hydrogen-bond acceptors (Lipinski definition) is 6. The summed E-state index contributed by atoms with van der Waals surface area (Å²) in [6, 6.07) is 0. The van der Waals surface area contributed by atoms with E-state index in [4.69, 9.17) is 21.1 Å². The molecule has 0 unspecified atom stereocenters. The summed E-state index contributed by atoms with van der Waals surface area (Å²) < 4.78 is 4.40. The predicted octanol–water partition coefficient (Wildman–Crippen LogP) is -1.44. The molecule has 1 aliphatic rings. The number of cyclic esters (lactones) is 1. The van der Waals surface area contributed by atoms with E-state index in [1.165, 1.54) is 0 Å². The van der Waals surface area contributed by atoms with Gasteiger partial charge in [-0.3, -0.25) is 0 Å². The van der Waals surface area contributed by atoms with Crippen LogP contribution in [0.4, 0.5) is 0 Å².